The summed E-state index contributed by atoms with van der Waals surface area (Å²) in [6, 6.07) is 18.9. The number of carbonyl (C=O) groups is 1. The monoisotopic (exact) mass is 617 g/mol. The van der Waals surface area contributed by atoms with Crippen LogP contribution in [0.4, 0.5) is 8.78 Å². The van der Waals surface area contributed by atoms with Crippen LogP contribution in [0.15, 0.2) is 71.7 Å². The van der Waals surface area contributed by atoms with Crippen LogP contribution >= 0.6 is 22.6 Å². The van der Waals surface area contributed by atoms with Gasteiger partial charge in [0.25, 0.3) is 0 Å². The Morgan fingerprint density at radius 3 is 2.08 bits per heavy atom. The van der Waals surface area contributed by atoms with Gasteiger partial charge in [-0.2, -0.15) is 0 Å². The third kappa shape index (κ3) is 6.94. The van der Waals surface area contributed by atoms with Gasteiger partial charge in [-0.3, -0.25) is 4.99 Å². The molecular weight excluding hydrogens is 587 g/mol. The number of rotatable bonds is 8. The molecule has 1 unspecified atom stereocenters. The average molecular weight is 617 g/mol. The van der Waals surface area contributed by atoms with Gasteiger partial charge >= 0.3 is 5.97 Å². The largest absolute Gasteiger partial charge is 0.486 e. The van der Waals surface area contributed by atoms with E-state index in [-0.39, 0.29) is 27.4 Å². The van der Waals surface area contributed by atoms with Crippen LogP contribution in [0.25, 0.3) is 0 Å². The molecule has 0 spiro atoms. The third-order valence-electron chi connectivity index (χ3n) is 6.00. The second kappa shape index (κ2) is 11.7. The molecule has 0 amide bonds. The number of hydrogen-bond donors (Lipinski definition) is 0. The Labute approximate surface area is 230 Å². The molecule has 4 nitrogen and oxygen atoms in total. The van der Waals surface area contributed by atoms with Gasteiger partial charge in [0, 0.05) is 17.5 Å². The summed E-state index contributed by atoms with van der Waals surface area (Å²) in [6.07, 6.45) is 2.31. The van der Waals surface area contributed by atoms with Crippen molar-refractivity contribution in [3.63, 3.8) is 0 Å². The van der Waals surface area contributed by atoms with Crippen molar-refractivity contribution in [1.82, 2.24) is 0 Å². The zero-order chi connectivity index (χ0) is 26.6. The lowest BCUT2D eigenvalue weighted by Gasteiger charge is -2.28. The third-order valence-corrected chi connectivity index (χ3v) is 7.00. The molecule has 1 aliphatic carbocycles. The maximum absolute atomic E-state index is 15.7. The van der Waals surface area contributed by atoms with Crippen molar-refractivity contribution in [3.05, 3.63) is 98.6 Å². The van der Waals surface area contributed by atoms with Crippen molar-refractivity contribution in [3.8, 4) is 5.75 Å². The van der Waals surface area contributed by atoms with E-state index in [9.17, 15) is 9.18 Å². The SMILES string of the molecule is CC(C)(C)OC(=O)C(Cc1cc(F)c(I)c(OC2CCC2)c1F)N=C(c1ccccc1)c1ccccc1. The summed E-state index contributed by atoms with van der Waals surface area (Å²) in [5, 5.41) is 0. The minimum Gasteiger partial charge on any atom is -0.486 e. The van der Waals surface area contributed by atoms with Crippen molar-refractivity contribution >= 4 is 34.3 Å². The van der Waals surface area contributed by atoms with Crippen molar-refractivity contribution in [1.29, 1.82) is 0 Å². The number of nitrogens with zero attached hydrogens (tertiary/aromatic N) is 1. The molecule has 194 valence electrons. The minimum atomic E-state index is -1.11. The summed E-state index contributed by atoms with van der Waals surface area (Å²) in [5.41, 5.74) is 1.40. The van der Waals surface area contributed by atoms with Crippen molar-refractivity contribution < 1.29 is 23.0 Å². The van der Waals surface area contributed by atoms with Crippen LogP contribution in [0.3, 0.4) is 0 Å². The first-order valence-corrected chi connectivity index (χ1v) is 13.4. The molecule has 0 heterocycles. The molecule has 1 aliphatic rings. The summed E-state index contributed by atoms with van der Waals surface area (Å²) >= 11 is 1.76. The molecule has 7 heteroatoms. The van der Waals surface area contributed by atoms with Gasteiger partial charge in [-0.05, 0) is 74.3 Å². The Morgan fingerprint density at radius 1 is 1.03 bits per heavy atom. The van der Waals surface area contributed by atoms with Crippen LogP contribution in [-0.2, 0) is 16.0 Å². The summed E-state index contributed by atoms with van der Waals surface area (Å²) < 4.78 is 42.1. The molecule has 4 rings (SSSR count). The smallest absolute Gasteiger partial charge is 0.331 e. The van der Waals surface area contributed by atoms with Gasteiger partial charge in [0.05, 0.1) is 15.4 Å². The van der Waals surface area contributed by atoms with Gasteiger partial charge in [0.1, 0.15) is 11.4 Å². The maximum atomic E-state index is 15.7. The van der Waals surface area contributed by atoms with Crippen LogP contribution in [0.1, 0.15) is 56.7 Å². The topological polar surface area (TPSA) is 47.9 Å². The van der Waals surface area contributed by atoms with E-state index in [1.54, 1.807) is 43.4 Å². The first-order valence-electron chi connectivity index (χ1n) is 12.4. The number of esters is 1. The highest BCUT2D eigenvalue weighted by Gasteiger charge is 2.30. The van der Waals surface area contributed by atoms with Crippen LogP contribution in [0.2, 0.25) is 0 Å². The fourth-order valence-corrected chi connectivity index (χ4v) is 4.48. The van der Waals surface area contributed by atoms with Crippen LogP contribution in [0, 0.1) is 15.2 Å². The number of aliphatic imine (C=N–C) groups is 1. The predicted octanol–water partition coefficient (Wildman–Crippen LogP) is 7.29. The molecule has 0 N–H and O–H groups in total. The van der Waals surface area contributed by atoms with E-state index < -0.39 is 29.2 Å². The lowest BCUT2D eigenvalue weighted by Crippen LogP contribution is -2.33. The fraction of sp³-hybridized carbons (Fsp3) is 0.333. The first-order chi connectivity index (χ1) is 17.6. The Kier molecular flexibility index (Phi) is 8.62. The van der Waals surface area contributed by atoms with E-state index in [2.05, 4.69) is 0 Å². The molecule has 0 aromatic heterocycles. The highest BCUT2D eigenvalue weighted by Crippen LogP contribution is 2.35. The number of carbonyl (C=O) groups excluding carboxylic acids is 1. The molecule has 1 saturated carbocycles. The molecule has 1 fully saturated rings. The lowest BCUT2D eigenvalue weighted by atomic mass is 9.96. The average Bonchev–Trinajstić information content (AvgIpc) is 2.83. The maximum Gasteiger partial charge on any atom is 0.331 e. The number of ether oxygens (including phenoxy) is 2. The van der Waals surface area contributed by atoms with E-state index in [4.69, 9.17) is 14.5 Å². The fourth-order valence-electron chi connectivity index (χ4n) is 3.96. The van der Waals surface area contributed by atoms with E-state index in [1.165, 1.54) is 0 Å². The molecule has 0 bridgehead atoms. The number of hydrogen-bond acceptors (Lipinski definition) is 4. The zero-order valence-corrected chi connectivity index (χ0v) is 23.3. The van der Waals surface area contributed by atoms with Crippen molar-refractivity contribution in [2.45, 2.75) is 64.2 Å². The molecule has 0 radical (unpaired) electrons. The molecular formula is C30H30F2INO3. The Morgan fingerprint density at radius 2 is 1.59 bits per heavy atom. The summed E-state index contributed by atoms with van der Waals surface area (Å²) in [7, 11) is 0. The Balaban J connectivity index is 1.79. The van der Waals surface area contributed by atoms with Gasteiger partial charge in [-0.15, -0.1) is 0 Å². The summed E-state index contributed by atoms with van der Waals surface area (Å²) in [4.78, 5) is 18.2. The van der Waals surface area contributed by atoms with Crippen LogP contribution < -0.4 is 4.74 Å². The lowest BCUT2D eigenvalue weighted by molar-refractivity contribution is -0.156. The van der Waals surface area contributed by atoms with Gasteiger partial charge < -0.3 is 9.47 Å². The Hall–Kier alpha value is -2.81. The summed E-state index contributed by atoms with van der Waals surface area (Å²) in [6.45, 7) is 5.28. The molecule has 3 aromatic carbocycles. The normalized spacial score (nSPS) is 14.4. The molecule has 37 heavy (non-hydrogen) atoms. The van der Waals surface area contributed by atoms with Gasteiger partial charge in [0.15, 0.2) is 17.6 Å². The molecule has 0 saturated heterocycles. The quantitative estimate of drug-likeness (QED) is 0.116. The van der Waals surface area contributed by atoms with E-state index in [1.807, 2.05) is 60.7 Å². The first kappa shape index (κ1) is 27.2. The number of halogens is 3. The van der Waals surface area contributed by atoms with Crippen molar-refractivity contribution in [2.75, 3.05) is 0 Å². The van der Waals surface area contributed by atoms with E-state index >= 15 is 4.39 Å². The minimum absolute atomic E-state index is 0.0207. The second-order valence-corrected chi connectivity index (χ2v) is 11.2. The second-order valence-electron chi connectivity index (χ2n) is 10.1. The van der Waals surface area contributed by atoms with Gasteiger partial charge in [-0.1, -0.05) is 60.7 Å². The number of benzene rings is 3. The standard InChI is InChI=1S/C30H30F2INO3/c1-30(2,3)37-29(35)24(34-27(19-11-6-4-7-12-19)20-13-8-5-9-14-20)18-21-17-23(31)26(33)28(25(21)32)36-22-15-10-16-22/h4-9,11-14,17,22,24H,10,15-16,18H2,1-3H3. The zero-order valence-electron chi connectivity index (χ0n) is 21.1. The highest BCUT2D eigenvalue weighted by molar-refractivity contribution is 14.1. The van der Waals surface area contributed by atoms with Crippen LogP contribution in [-0.4, -0.2) is 29.4 Å². The summed E-state index contributed by atoms with van der Waals surface area (Å²) in [5.74, 6) is -1.97. The predicted molar refractivity (Wildman–Crippen MR) is 149 cm³/mol. The highest BCUT2D eigenvalue weighted by atomic mass is 127. The van der Waals surface area contributed by atoms with Crippen LogP contribution in [0.5, 0.6) is 5.75 Å². The van der Waals surface area contributed by atoms with Crippen molar-refractivity contribution in [2.24, 2.45) is 4.99 Å². The molecule has 3 aromatic rings. The molecule has 0 aliphatic heterocycles. The van der Waals surface area contributed by atoms with Gasteiger partial charge in [-0.25, -0.2) is 13.6 Å². The van der Waals surface area contributed by atoms with Gasteiger partial charge in [0.2, 0.25) is 0 Å². The van der Waals surface area contributed by atoms with E-state index in [0.29, 0.717) is 5.71 Å². The molecule has 1 atom stereocenters. The van der Waals surface area contributed by atoms with E-state index in [0.717, 1.165) is 36.5 Å². The Bertz CT molecular complexity index is 1230.